The van der Waals surface area contributed by atoms with E-state index in [9.17, 15) is 17.6 Å². The Hall–Kier alpha value is -1.58. The first kappa shape index (κ1) is 16.5. The van der Waals surface area contributed by atoms with Gasteiger partial charge >= 0.3 is 6.18 Å². The molecule has 0 saturated heterocycles. The Kier molecular flexibility index (Phi) is 6.49. The number of hydrogen-bond donors (Lipinski definition) is 1. The summed E-state index contributed by atoms with van der Waals surface area (Å²) in [5.74, 6) is 4.65. The molecule has 0 unspecified atom stereocenters. The van der Waals surface area contributed by atoms with Crippen LogP contribution < -0.4 is 5.73 Å². The van der Waals surface area contributed by atoms with Crippen molar-refractivity contribution in [3.63, 3.8) is 0 Å². The average molecular weight is 289 g/mol. The fourth-order valence-electron chi connectivity index (χ4n) is 1.47. The number of rotatable bonds is 5. The maximum Gasteiger partial charge on any atom is 0.389 e. The van der Waals surface area contributed by atoms with Gasteiger partial charge < -0.3 is 10.5 Å². The Labute approximate surface area is 114 Å². The third kappa shape index (κ3) is 6.55. The van der Waals surface area contributed by atoms with Gasteiger partial charge in [0.1, 0.15) is 5.82 Å². The molecule has 0 aliphatic carbocycles. The summed E-state index contributed by atoms with van der Waals surface area (Å²) in [4.78, 5) is 0. The number of halogens is 4. The van der Waals surface area contributed by atoms with Gasteiger partial charge in [0, 0.05) is 13.0 Å². The minimum Gasteiger partial charge on any atom is -0.377 e. The quantitative estimate of drug-likeness (QED) is 0.514. The Morgan fingerprint density at radius 1 is 1.25 bits per heavy atom. The summed E-state index contributed by atoms with van der Waals surface area (Å²) in [6.07, 6.45) is -5.13. The Morgan fingerprint density at radius 3 is 2.65 bits per heavy atom. The van der Waals surface area contributed by atoms with E-state index in [0.29, 0.717) is 5.56 Å². The minimum atomic E-state index is -4.16. The van der Waals surface area contributed by atoms with Crippen LogP contribution in [0.1, 0.15) is 24.0 Å². The molecule has 1 aromatic rings. The van der Waals surface area contributed by atoms with Crippen molar-refractivity contribution in [2.75, 3.05) is 13.2 Å². The maximum atomic E-state index is 13.4. The van der Waals surface area contributed by atoms with Crippen LogP contribution in [-0.2, 0) is 11.3 Å². The first-order valence-corrected chi connectivity index (χ1v) is 6.04. The lowest BCUT2D eigenvalue weighted by molar-refractivity contribution is -0.138. The molecule has 2 nitrogen and oxygen atoms in total. The van der Waals surface area contributed by atoms with Crippen molar-refractivity contribution >= 4 is 0 Å². The van der Waals surface area contributed by atoms with Gasteiger partial charge in [0.15, 0.2) is 0 Å². The highest BCUT2D eigenvalue weighted by Crippen LogP contribution is 2.21. The molecule has 0 aliphatic heterocycles. The third-order valence-corrected chi connectivity index (χ3v) is 2.37. The fourth-order valence-corrected chi connectivity index (χ4v) is 1.47. The first-order valence-electron chi connectivity index (χ1n) is 6.04. The SMILES string of the molecule is NCC#Cc1cc(COCCCC(F)(F)F)ccc1F. The van der Waals surface area contributed by atoms with Gasteiger partial charge in [-0.2, -0.15) is 13.2 Å². The molecule has 110 valence electrons. The van der Waals surface area contributed by atoms with Crippen LogP contribution in [-0.4, -0.2) is 19.3 Å². The molecule has 0 aromatic heterocycles. The molecular formula is C14H15F4NO. The van der Waals surface area contributed by atoms with Gasteiger partial charge in [-0.25, -0.2) is 4.39 Å². The van der Waals surface area contributed by atoms with Crippen LogP contribution in [0.25, 0.3) is 0 Å². The van der Waals surface area contributed by atoms with Gasteiger partial charge in [-0.3, -0.25) is 0 Å². The van der Waals surface area contributed by atoms with Gasteiger partial charge in [0.2, 0.25) is 0 Å². The Bertz CT molecular complexity index is 488. The summed E-state index contributed by atoms with van der Waals surface area (Å²) in [5, 5.41) is 0. The standard InChI is InChI=1S/C14H15F4NO/c15-13-5-4-11(9-12(13)3-1-7-19)10-20-8-2-6-14(16,17)18/h4-5,9H,2,6-8,10,19H2. The van der Waals surface area contributed by atoms with E-state index >= 15 is 0 Å². The molecule has 0 spiro atoms. The average Bonchev–Trinajstić information content (AvgIpc) is 2.37. The third-order valence-electron chi connectivity index (χ3n) is 2.37. The summed E-state index contributed by atoms with van der Waals surface area (Å²) in [6, 6.07) is 4.25. The number of ether oxygens (including phenoxy) is 1. The van der Waals surface area contributed by atoms with Crippen LogP contribution >= 0.6 is 0 Å². The highest BCUT2D eigenvalue weighted by atomic mass is 19.4. The summed E-state index contributed by atoms with van der Waals surface area (Å²) in [7, 11) is 0. The maximum absolute atomic E-state index is 13.4. The van der Waals surface area contributed by atoms with Gasteiger partial charge in [-0.05, 0) is 24.1 Å². The molecule has 0 fully saturated rings. The lowest BCUT2D eigenvalue weighted by Crippen LogP contribution is -2.08. The largest absolute Gasteiger partial charge is 0.389 e. The zero-order chi connectivity index (χ0) is 15.0. The molecule has 0 atom stereocenters. The second-order valence-electron chi connectivity index (χ2n) is 4.09. The Morgan fingerprint density at radius 2 is 2.00 bits per heavy atom. The van der Waals surface area contributed by atoms with Crippen LogP contribution in [0.5, 0.6) is 0 Å². The van der Waals surface area contributed by atoms with E-state index in [1.54, 1.807) is 0 Å². The monoisotopic (exact) mass is 289 g/mol. The smallest absolute Gasteiger partial charge is 0.377 e. The molecule has 0 radical (unpaired) electrons. The zero-order valence-corrected chi connectivity index (χ0v) is 10.8. The van der Waals surface area contributed by atoms with Gasteiger partial charge in [0.25, 0.3) is 0 Å². The zero-order valence-electron chi connectivity index (χ0n) is 10.8. The highest BCUT2D eigenvalue weighted by molar-refractivity contribution is 5.38. The molecule has 0 amide bonds. The molecule has 0 saturated carbocycles. The van der Waals surface area contributed by atoms with Crippen molar-refractivity contribution in [3.8, 4) is 11.8 Å². The molecule has 1 rings (SSSR count). The molecule has 0 bridgehead atoms. The summed E-state index contributed by atoms with van der Waals surface area (Å²) >= 11 is 0. The normalized spacial score (nSPS) is 11.1. The van der Waals surface area contributed by atoms with E-state index in [2.05, 4.69) is 11.8 Å². The number of benzene rings is 1. The van der Waals surface area contributed by atoms with Gasteiger partial charge in [-0.1, -0.05) is 17.9 Å². The molecule has 1 aromatic carbocycles. The molecular weight excluding hydrogens is 274 g/mol. The number of alkyl halides is 3. The second kappa shape index (κ2) is 7.88. The second-order valence-corrected chi connectivity index (χ2v) is 4.09. The van der Waals surface area contributed by atoms with Crippen LogP contribution in [0, 0.1) is 17.7 Å². The number of hydrogen-bond acceptors (Lipinski definition) is 2. The molecule has 20 heavy (non-hydrogen) atoms. The van der Waals surface area contributed by atoms with Crippen LogP contribution in [0.2, 0.25) is 0 Å². The molecule has 6 heteroatoms. The van der Waals surface area contributed by atoms with Crippen molar-refractivity contribution in [1.82, 2.24) is 0 Å². The van der Waals surface area contributed by atoms with Crippen molar-refractivity contribution in [2.24, 2.45) is 5.73 Å². The minimum absolute atomic E-state index is 0.000693. The topological polar surface area (TPSA) is 35.2 Å². The lowest BCUT2D eigenvalue weighted by Gasteiger charge is -2.07. The summed E-state index contributed by atoms with van der Waals surface area (Å²) < 4.78 is 54.2. The van der Waals surface area contributed by atoms with E-state index in [1.165, 1.54) is 18.2 Å². The predicted molar refractivity (Wildman–Crippen MR) is 67.3 cm³/mol. The van der Waals surface area contributed by atoms with Crippen molar-refractivity contribution in [3.05, 3.63) is 35.1 Å². The molecule has 0 heterocycles. The van der Waals surface area contributed by atoms with E-state index in [-0.39, 0.29) is 31.7 Å². The van der Waals surface area contributed by atoms with Crippen LogP contribution in [0.4, 0.5) is 17.6 Å². The van der Waals surface area contributed by atoms with E-state index in [4.69, 9.17) is 10.5 Å². The van der Waals surface area contributed by atoms with E-state index < -0.39 is 18.4 Å². The highest BCUT2D eigenvalue weighted by Gasteiger charge is 2.25. The van der Waals surface area contributed by atoms with Crippen LogP contribution in [0.3, 0.4) is 0 Å². The van der Waals surface area contributed by atoms with Crippen molar-refractivity contribution in [1.29, 1.82) is 0 Å². The van der Waals surface area contributed by atoms with Gasteiger partial charge in [0.05, 0.1) is 18.7 Å². The summed E-state index contributed by atoms with van der Waals surface area (Å²) in [5.41, 5.74) is 6.05. The Balaban J connectivity index is 2.45. The van der Waals surface area contributed by atoms with E-state index in [1.807, 2.05) is 0 Å². The fraction of sp³-hybridized carbons (Fsp3) is 0.429. The molecule has 2 N–H and O–H groups in total. The predicted octanol–water partition coefficient (Wildman–Crippen LogP) is 3.00. The molecule has 0 aliphatic rings. The van der Waals surface area contributed by atoms with E-state index in [0.717, 1.165) is 0 Å². The van der Waals surface area contributed by atoms with Gasteiger partial charge in [-0.15, -0.1) is 0 Å². The number of nitrogens with two attached hydrogens (primary N) is 1. The van der Waals surface area contributed by atoms with Crippen molar-refractivity contribution in [2.45, 2.75) is 25.6 Å². The van der Waals surface area contributed by atoms with Crippen molar-refractivity contribution < 1.29 is 22.3 Å². The van der Waals surface area contributed by atoms with Crippen LogP contribution in [0.15, 0.2) is 18.2 Å². The summed E-state index contributed by atoms with van der Waals surface area (Å²) in [6.45, 7) is 0.244. The lowest BCUT2D eigenvalue weighted by atomic mass is 10.1. The first-order chi connectivity index (χ1) is 9.42.